The molecule has 1 N–H and O–H groups in total. The standard InChI is InChI=1S/C19H30O2/c1-5-14(2)7-8-15-16(21)9-10-17-18(3,13-20)11-6-12-19(15,17)4/h5,13,15-17,21H,1-2,6-12H2,3-4H3/t15-,16+,17-,18+,19+/m0/s1. The summed E-state index contributed by atoms with van der Waals surface area (Å²) in [6.07, 6.45) is 9.63. The van der Waals surface area contributed by atoms with E-state index in [-0.39, 0.29) is 22.9 Å². The van der Waals surface area contributed by atoms with Gasteiger partial charge in [0.1, 0.15) is 6.29 Å². The number of allylic oxidation sites excluding steroid dienone is 2. The smallest absolute Gasteiger partial charge is 0.126 e. The average molecular weight is 290 g/mol. The van der Waals surface area contributed by atoms with Crippen LogP contribution in [-0.4, -0.2) is 17.5 Å². The van der Waals surface area contributed by atoms with Gasteiger partial charge in [-0.25, -0.2) is 0 Å². The number of fused-ring (bicyclic) bond motifs is 1. The molecule has 0 bridgehead atoms. The van der Waals surface area contributed by atoms with Gasteiger partial charge in [-0.05, 0) is 55.8 Å². The van der Waals surface area contributed by atoms with Crippen molar-refractivity contribution >= 4 is 6.29 Å². The van der Waals surface area contributed by atoms with Crippen LogP contribution >= 0.6 is 0 Å². The Labute approximate surface area is 129 Å². The molecule has 2 aliphatic rings. The van der Waals surface area contributed by atoms with Crippen LogP contribution in [0.15, 0.2) is 24.8 Å². The van der Waals surface area contributed by atoms with Crippen molar-refractivity contribution in [1.82, 2.24) is 0 Å². The number of carbonyl (C=O) groups is 1. The minimum Gasteiger partial charge on any atom is -0.393 e. The number of hydrogen-bond donors (Lipinski definition) is 1. The highest BCUT2D eigenvalue weighted by Gasteiger charge is 2.55. The number of aldehydes is 1. The third-order valence-corrected chi connectivity index (χ3v) is 6.42. The number of aliphatic hydroxyl groups is 1. The third-order valence-electron chi connectivity index (χ3n) is 6.42. The molecule has 0 aromatic carbocycles. The van der Waals surface area contributed by atoms with Gasteiger partial charge >= 0.3 is 0 Å². The summed E-state index contributed by atoms with van der Waals surface area (Å²) in [4.78, 5) is 11.7. The Kier molecular flexibility index (Phi) is 4.77. The van der Waals surface area contributed by atoms with Gasteiger partial charge in [-0.1, -0.05) is 45.1 Å². The zero-order valence-corrected chi connectivity index (χ0v) is 13.6. The highest BCUT2D eigenvalue weighted by atomic mass is 16.3. The molecular weight excluding hydrogens is 260 g/mol. The van der Waals surface area contributed by atoms with Crippen molar-refractivity contribution in [3.63, 3.8) is 0 Å². The number of aliphatic hydroxyl groups excluding tert-OH is 1. The highest BCUT2D eigenvalue weighted by molar-refractivity contribution is 5.60. The molecule has 0 saturated heterocycles. The van der Waals surface area contributed by atoms with Gasteiger partial charge in [0, 0.05) is 5.41 Å². The van der Waals surface area contributed by atoms with Crippen molar-refractivity contribution in [1.29, 1.82) is 0 Å². The first-order chi connectivity index (χ1) is 9.87. The Balaban J connectivity index is 2.24. The first kappa shape index (κ1) is 16.5. The third kappa shape index (κ3) is 2.88. The summed E-state index contributed by atoms with van der Waals surface area (Å²) in [5.74, 6) is 0.675. The zero-order valence-electron chi connectivity index (χ0n) is 13.6. The van der Waals surface area contributed by atoms with Crippen LogP contribution in [-0.2, 0) is 4.79 Å². The van der Waals surface area contributed by atoms with E-state index in [4.69, 9.17) is 0 Å². The largest absolute Gasteiger partial charge is 0.393 e. The van der Waals surface area contributed by atoms with E-state index in [2.05, 4.69) is 27.0 Å². The maximum absolute atomic E-state index is 11.7. The number of carbonyl (C=O) groups excluding carboxylic acids is 1. The molecule has 5 atom stereocenters. The van der Waals surface area contributed by atoms with Crippen LogP contribution < -0.4 is 0 Å². The Morgan fingerprint density at radius 2 is 2.05 bits per heavy atom. The van der Waals surface area contributed by atoms with Gasteiger partial charge in [0.05, 0.1) is 6.10 Å². The molecule has 2 rings (SSSR count). The summed E-state index contributed by atoms with van der Waals surface area (Å²) in [6, 6.07) is 0. The number of rotatable bonds is 5. The van der Waals surface area contributed by atoms with Crippen molar-refractivity contribution < 1.29 is 9.90 Å². The molecule has 21 heavy (non-hydrogen) atoms. The van der Waals surface area contributed by atoms with E-state index in [0.717, 1.165) is 50.5 Å². The maximum atomic E-state index is 11.7. The van der Waals surface area contributed by atoms with E-state index in [9.17, 15) is 9.90 Å². The summed E-state index contributed by atoms with van der Waals surface area (Å²) >= 11 is 0. The van der Waals surface area contributed by atoms with Gasteiger partial charge in [0.2, 0.25) is 0 Å². The molecule has 2 fully saturated rings. The van der Waals surface area contributed by atoms with Crippen molar-refractivity contribution in [2.45, 2.75) is 64.9 Å². The summed E-state index contributed by atoms with van der Waals surface area (Å²) in [6.45, 7) is 12.2. The minimum absolute atomic E-state index is 0.0764. The number of hydrogen-bond acceptors (Lipinski definition) is 2. The van der Waals surface area contributed by atoms with E-state index in [0.29, 0.717) is 5.92 Å². The second-order valence-electron chi connectivity index (χ2n) is 7.69. The predicted octanol–water partition coefficient (Wildman–Crippen LogP) is 4.29. The van der Waals surface area contributed by atoms with Crippen LogP contribution in [0, 0.1) is 22.7 Å². The molecule has 2 saturated carbocycles. The van der Waals surface area contributed by atoms with Crippen LogP contribution in [0.2, 0.25) is 0 Å². The van der Waals surface area contributed by atoms with Gasteiger partial charge in [-0.15, -0.1) is 0 Å². The van der Waals surface area contributed by atoms with Crippen molar-refractivity contribution in [2.24, 2.45) is 22.7 Å². The fourth-order valence-electron chi connectivity index (χ4n) is 5.14. The molecular formula is C19H30O2. The molecule has 0 spiro atoms. The molecule has 0 heterocycles. The SMILES string of the molecule is C=CC(=C)CC[C@H]1[C@H](O)CC[C@@H]2[C@]1(C)CCC[C@]2(C)C=O. The summed E-state index contributed by atoms with van der Waals surface area (Å²) < 4.78 is 0. The Hall–Kier alpha value is -0.890. The zero-order chi connectivity index (χ0) is 15.7. The normalized spacial score (nSPS) is 42.9. The Morgan fingerprint density at radius 1 is 1.33 bits per heavy atom. The lowest BCUT2D eigenvalue weighted by Gasteiger charge is -2.58. The molecule has 0 aromatic heterocycles. The molecule has 118 valence electrons. The van der Waals surface area contributed by atoms with E-state index < -0.39 is 0 Å². The Bertz CT molecular complexity index is 427. The van der Waals surface area contributed by atoms with Gasteiger partial charge in [-0.3, -0.25) is 0 Å². The van der Waals surface area contributed by atoms with Gasteiger partial charge in [0.15, 0.2) is 0 Å². The Morgan fingerprint density at radius 3 is 2.67 bits per heavy atom. The van der Waals surface area contributed by atoms with E-state index in [1.807, 2.05) is 6.08 Å². The van der Waals surface area contributed by atoms with Gasteiger partial charge < -0.3 is 9.90 Å². The van der Waals surface area contributed by atoms with Crippen LogP contribution in [0.5, 0.6) is 0 Å². The van der Waals surface area contributed by atoms with Crippen molar-refractivity contribution in [3.8, 4) is 0 Å². The van der Waals surface area contributed by atoms with E-state index >= 15 is 0 Å². The lowest BCUT2D eigenvalue weighted by Crippen LogP contribution is -2.54. The van der Waals surface area contributed by atoms with Crippen LogP contribution in [0.1, 0.15) is 58.8 Å². The molecule has 0 radical (unpaired) electrons. The second-order valence-corrected chi connectivity index (χ2v) is 7.69. The topological polar surface area (TPSA) is 37.3 Å². The maximum Gasteiger partial charge on any atom is 0.126 e. The lowest BCUT2D eigenvalue weighted by atomic mass is 9.47. The van der Waals surface area contributed by atoms with Crippen LogP contribution in [0.3, 0.4) is 0 Å². The monoisotopic (exact) mass is 290 g/mol. The fraction of sp³-hybridized carbons (Fsp3) is 0.737. The van der Waals surface area contributed by atoms with Crippen molar-refractivity contribution in [2.75, 3.05) is 0 Å². The molecule has 2 nitrogen and oxygen atoms in total. The van der Waals surface area contributed by atoms with Gasteiger partial charge in [0.25, 0.3) is 0 Å². The van der Waals surface area contributed by atoms with Crippen molar-refractivity contribution in [3.05, 3.63) is 24.8 Å². The molecule has 0 unspecified atom stereocenters. The fourth-order valence-corrected chi connectivity index (χ4v) is 5.14. The van der Waals surface area contributed by atoms with Crippen LogP contribution in [0.4, 0.5) is 0 Å². The second kappa shape index (κ2) is 6.08. The predicted molar refractivity (Wildman–Crippen MR) is 86.9 cm³/mol. The summed E-state index contributed by atoms with van der Waals surface area (Å²) in [7, 11) is 0. The van der Waals surface area contributed by atoms with E-state index in [1.54, 1.807) is 0 Å². The summed E-state index contributed by atoms with van der Waals surface area (Å²) in [5, 5.41) is 10.6. The highest BCUT2D eigenvalue weighted by Crippen LogP contribution is 2.60. The molecule has 2 heteroatoms. The molecule has 0 aliphatic heterocycles. The first-order valence-electron chi connectivity index (χ1n) is 8.32. The minimum atomic E-state index is -0.238. The molecule has 0 amide bonds. The lowest BCUT2D eigenvalue weighted by molar-refractivity contribution is -0.146. The molecule has 0 aromatic rings. The average Bonchev–Trinajstić information content (AvgIpc) is 2.45. The first-order valence-corrected chi connectivity index (χ1v) is 8.32. The van der Waals surface area contributed by atoms with Crippen LogP contribution in [0.25, 0.3) is 0 Å². The quantitative estimate of drug-likeness (QED) is 0.606. The van der Waals surface area contributed by atoms with E-state index in [1.165, 1.54) is 6.29 Å². The molecule has 2 aliphatic carbocycles. The summed E-state index contributed by atoms with van der Waals surface area (Å²) in [5.41, 5.74) is 0.912. The van der Waals surface area contributed by atoms with Gasteiger partial charge in [-0.2, -0.15) is 0 Å².